The van der Waals surface area contributed by atoms with Crippen molar-refractivity contribution in [2.75, 3.05) is 17.2 Å². The largest absolute Gasteiger partial charge is 0.383 e. The van der Waals surface area contributed by atoms with Crippen molar-refractivity contribution in [2.24, 2.45) is 5.92 Å². The van der Waals surface area contributed by atoms with E-state index < -0.39 is 17.2 Å². The lowest BCUT2D eigenvalue weighted by Gasteiger charge is -2.26. The molecular weight excluding hydrogens is 403 g/mol. The molecule has 0 bridgehead atoms. The van der Waals surface area contributed by atoms with Crippen LogP contribution < -0.4 is 21.9 Å². The average Bonchev–Trinajstić information content (AvgIpc) is 2.59. The van der Waals surface area contributed by atoms with Crippen LogP contribution in [0.4, 0.5) is 11.5 Å². The van der Waals surface area contributed by atoms with Crippen LogP contribution in [0.2, 0.25) is 10.0 Å². The van der Waals surface area contributed by atoms with E-state index in [1.807, 2.05) is 20.8 Å². The number of nitrogens with one attached hydrogen (secondary N) is 1. The van der Waals surface area contributed by atoms with Crippen molar-refractivity contribution < 1.29 is 4.79 Å². The van der Waals surface area contributed by atoms with Crippen molar-refractivity contribution in [1.82, 2.24) is 9.55 Å². The van der Waals surface area contributed by atoms with Gasteiger partial charge in [-0.1, -0.05) is 50.4 Å². The number of hydrogen-bond acceptors (Lipinski definition) is 4. The molecule has 0 fully saturated rings. The molecule has 7 nitrogen and oxygen atoms in total. The standard InChI is InChI=1S/C19H24Cl2N4O3/c1-4-5-8-24-16(22)15(17(26)23-19(24)28)25(10-11(2)3)18(27)13-7-6-12(20)9-14(13)21/h6-7,9,11H,4-5,8,10,22H2,1-3H3,(H,23,26,28). The Labute approximate surface area is 173 Å². The third kappa shape index (κ3) is 4.77. The minimum Gasteiger partial charge on any atom is -0.383 e. The topological polar surface area (TPSA) is 101 Å². The highest BCUT2D eigenvalue weighted by molar-refractivity contribution is 6.37. The van der Waals surface area contributed by atoms with Gasteiger partial charge in [0.1, 0.15) is 5.82 Å². The van der Waals surface area contributed by atoms with Gasteiger partial charge in [0.2, 0.25) is 0 Å². The summed E-state index contributed by atoms with van der Waals surface area (Å²) in [6, 6.07) is 4.50. The van der Waals surface area contributed by atoms with Gasteiger partial charge in [-0.2, -0.15) is 0 Å². The van der Waals surface area contributed by atoms with E-state index in [4.69, 9.17) is 28.9 Å². The number of benzene rings is 1. The molecule has 0 unspecified atom stereocenters. The van der Waals surface area contributed by atoms with Gasteiger partial charge in [0.25, 0.3) is 11.5 Å². The van der Waals surface area contributed by atoms with Crippen molar-refractivity contribution in [1.29, 1.82) is 0 Å². The first-order chi connectivity index (χ1) is 13.2. The maximum Gasteiger partial charge on any atom is 0.330 e. The molecule has 2 aromatic rings. The van der Waals surface area contributed by atoms with Gasteiger partial charge in [-0.05, 0) is 30.5 Å². The number of nitrogens with two attached hydrogens (primary N) is 1. The molecule has 0 spiro atoms. The molecular formula is C19H24Cl2N4O3. The van der Waals surface area contributed by atoms with Gasteiger partial charge < -0.3 is 10.6 Å². The molecule has 1 heterocycles. The molecule has 0 aliphatic carbocycles. The van der Waals surface area contributed by atoms with Crippen LogP contribution in [-0.2, 0) is 6.54 Å². The summed E-state index contributed by atoms with van der Waals surface area (Å²) < 4.78 is 1.28. The Morgan fingerprint density at radius 1 is 1.29 bits per heavy atom. The van der Waals surface area contributed by atoms with Gasteiger partial charge in [-0.25, -0.2) is 4.79 Å². The molecule has 1 aromatic carbocycles. The number of amides is 1. The van der Waals surface area contributed by atoms with E-state index in [0.29, 0.717) is 18.0 Å². The maximum atomic E-state index is 13.2. The third-order valence-electron chi connectivity index (χ3n) is 4.17. The smallest absolute Gasteiger partial charge is 0.330 e. The number of nitrogen functional groups attached to an aromatic ring is 1. The van der Waals surface area contributed by atoms with Gasteiger partial charge in [0.05, 0.1) is 10.6 Å². The fraction of sp³-hybridized carbons (Fsp3) is 0.421. The second-order valence-electron chi connectivity index (χ2n) is 6.93. The Bertz CT molecular complexity index is 982. The summed E-state index contributed by atoms with van der Waals surface area (Å²) in [5, 5.41) is 0.558. The molecule has 0 radical (unpaired) electrons. The molecule has 0 aliphatic rings. The van der Waals surface area contributed by atoms with E-state index in [0.717, 1.165) is 6.42 Å². The zero-order valence-electron chi connectivity index (χ0n) is 16.1. The SMILES string of the molecule is CCCCn1c(N)c(N(CC(C)C)C(=O)c2ccc(Cl)cc2Cl)c(=O)[nH]c1=O. The number of carbonyl (C=O) groups excluding carboxylic acids is 1. The Balaban J connectivity index is 2.64. The highest BCUT2D eigenvalue weighted by Crippen LogP contribution is 2.26. The van der Waals surface area contributed by atoms with Gasteiger partial charge in [0.15, 0.2) is 5.69 Å². The Morgan fingerprint density at radius 2 is 1.96 bits per heavy atom. The number of anilines is 2. The quantitative estimate of drug-likeness (QED) is 0.706. The van der Waals surface area contributed by atoms with Crippen LogP contribution in [-0.4, -0.2) is 22.0 Å². The molecule has 152 valence electrons. The monoisotopic (exact) mass is 426 g/mol. The zero-order valence-corrected chi connectivity index (χ0v) is 17.6. The van der Waals surface area contributed by atoms with Crippen molar-refractivity contribution in [2.45, 2.75) is 40.2 Å². The normalized spacial score (nSPS) is 11.1. The lowest BCUT2D eigenvalue weighted by atomic mass is 10.1. The summed E-state index contributed by atoms with van der Waals surface area (Å²) in [6.45, 7) is 6.35. The van der Waals surface area contributed by atoms with Crippen molar-refractivity contribution in [3.63, 3.8) is 0 Å². The van der Waals surface area contributed by atoms with E-state index in [1.165, 1.54) is 21.6 Å². The van der Waals surface area contributed by atoms with Crippen LogP contribution in [0.1, 0.15) is 44.0 Å². The summed E-state index contributed by atoms with van der Waals surface area (Å²) in [7, 11) is 0. The van der Waals surface area contributed by atoms with Crippen molar-refractivity contribution in [3.05, 3.63) is 54.6 Å². The van der Waals surface area contributed by atoms with Crippen LogP contribution in [0.25, 0.3) is 0 Å². The molecule has 0 aliphatic heterocycles. The molecule has 0 saturated heterocycles. The number of aromatic amines is 1. The zero-order chi connectivity index (χ0) is 21.0. The highest BCUT2D eigenvalue weighted by Gasteiger charge is 2.27. The third-order valence-corrected chi connectivity index (χ3v) is 4.72. The number of rotatable bonds is 7. The molecule has 0 atom stereocenters. The van der Waals surface area contributed by atoms with Crippen LogP contribution >= 0.6 is 23.2 Å². The predicted molar refractivity (Wildman–Crippen MR) is 114 cm³/mol. The van der Waals surface area contributed by atoms with Crippen LogP contribution in [0, 0.1) is 5.92 Å². The number of nitrogens with zero attached hydrogens (tertiary/aromatic N) is 2. The predicted octanol–water partition coefficient (Wildman–Crippen LogP) is 3.53. The average molecular weight is 427 g/mol. The molecule has 1 amide bonds. The molecule has 28 heavy (non-hydrogen) atoms. The summed E-state index contributed by atoms with van der Waals surface area (Å²) in [4.78, 5) is 41.5. The second-order valence-corrected chi connectivity index (χ2v) is 7.78. The molecule has 9 heteroatoms. The highest BCUT2D eigenvalue weighted by atomic mass is 35.5. The van der Waals surface area contributed by atoms with Gasteiger partial charge in [-0.3, -0.25) is 19.1 Å². The van der Waals surface area contributed by atoms with Gasteiger partial charge in [0, 0.05) is 18.1 Å². The van der Waals surface area contributed by atoms with Crippen LogP contribution in [0.15, 0.2) is 27.8 Å². The van der Waals surface area contributed by atoms with E-state index in [2.05, 4.69) is 4.98 Å². The van der Waals surface area contributed by atoms with Gasteiger partial charge in [-0.15, -0.1) is 0 Å². The van der Waals surface area contributed by atoms with Gasteiger partial charge >= 0.3 is 5.69 Å². The van der Waals surface area contributed by atoms with E-state index in [-0.39, 0.29) is 34.6 Å². The molecule has 2 rings (SSSR count). The number of aromatic nitrogens is 2. The number of carbonyl (C=O) groups is 1. The molecule has 1 aromatic heterocycles. The fourth-order valence-corrected chi connectivity index (χ4v) is 3.31. The summed E-state index contributed by atoms with van der Waals surface area (Å²) in [5.74, 6) is -0.501. The number of hydrogen-bond donors (Lipinski definition) is 2. The van der Waals surface area contributed by atoms with Crippen LogP contribution in [0.5, 0.6) is 0 Å². The van der Waals surface area contributed by atoms with E-state index >= 15 is 0 Å². The number of unbranched alkanes of at least 4 members (excludes halogenated alkanes) is 1. The lowest BCUT2D eigenvalue weighted by molar-refractivity contribution is 0.0983. The number of halogens is 2. The van der Waals surface area contributed by atoms with Crippen LogP contribution in [0.3, 0.4) is 0 Å². The van der Waals surface area contributed by atoms with Crippen molar-refractivity contribution in [3.8, 4) is 0 Å². The second kappa shape index (κ2) is 9.30. The van der Waals surface area contributed by atoms with E-state index in [1.54, 1.807) is 6.07 Å². The van der Waals surface area contributed by atoms with Crippen molar-refractivity contribution >= 4 is 40.6 Å². The lowest BCUT2D eigenvalue weighted by Crippen LogP contribution is -2.42. The minimum atomic E-state index is -0.714. The molecule has 3 N–H and O–H groups in total. The summed E-state index contributed by atoms with van der Waals surface area (Å²) in [5.41, 5.74) is 5.00. The first kappa shape index (κ1) is 22.0. The fourth-order valence-electron chi connectivity index (χ4n) is 2.83. The maximum absolute atomic E-state index is 13.2. The first-order valence-electron chi connectivity index (χ1n) is 9.06. The van der Waals surface area contributed by atoms with E-state index in [9.17, 15) is 14.4 Å². The minimum absolute atomic E-state index is 0.0323. The molecule has 0 saturated carbocycles. The Morgan fingerprint density at radius 3 is 2.54 bits per heavy atom. The summed E-state index contributed by atoms with van der Waals surface area (Å²) in [6.07, 6.45) is 1.55. The Hall–Kier alpha value is -2.25. The first-order valence-corrected chi connectivity index (χ1v) is 9.82. The summed E-state index contributed by atoms with van der Waals surface area (Å²) >= 11 is 12.1. The number of H-pyrrole nitrogens is 1. The Kier molecular flexibility index (Phi) is 7.32.